The molecule has 0 aromatic rings. The highest BCUT2D eigenvalue weighted by atomic mass is 32.3. The van der Waals surface area contributed by atoms with Crippen LogP contribution in [-0.4, -0.2) is 23.3 Å². The molecule has 0 radical (unpaired) electrons. The molecule has 1 N–H and O–H groups in total. The highest BCUT2D eigenvalue weighted by Crippen LogP contribution is 1.86. The third-order valence-corrected chi connectivity index (χ3v) is 3.23. The molecule has 0 aliphatic carbocycles. The Morgan fingerprint density at radius 2 is 2.14 bits per heavy atom. The molecule has 0 spiro atoms. The largest absolute Gasteiger partial charge is 0.272 e. The van der Waals surface area contributed by atoms with Crippen molar-refractivity contribution in [3.8, 4) is 0 Å². The Hall–Kier alpha value is 0.110. The van der Waals surface area contributed by atoms with Crippen LogP contribution in [0.3, 0.4) is 0 Å². The van der Waals surface area contributed by atoms with E-state index in [9.17, 15) is 4.21 Å². The van der Waals surface area contributed by atoms with E-state index in [1.165, 1.54) is 0 Å². The monoisotopic (exact) mass is 123 g/mol. The highest BCUT2D eigenvalue weighted by molar-refractivity contribution is 8.00. The van der Waals surface area contributed by atoms with Crippen molar-refractivity contribution in [3.05, 3.63) is 0 Å². The van der Waals surface area contributed by atoms with Crippen molar-refractivity contribution in [2.24, 2.45) is 0 Å². The number of rotatable bonds is 2. The summed E-state index contributed by atoms with van der Waals surface area (Å²) in [5.41, 5.74) is 0. The summed E-state index contributed by atoms with van der Waals surface area (Å²) in [6, 6.07) is 0. The summed E-state index contributed by atoms with van der Waals surface area (Å²) in [6.07, 6.45) is 1.74. The van der Waals surface area contributed by atoms with Crippen LogP contribution in [0.5, 0.6) is 0 Å². The van der Waals surface area contributed by atoms with E-state index in [2.05, 4.69) is 4.72 Å². The van der Waals surface area contributed by atoms with E-state index in [0.717, 1.165) is 5.75 Å². The predicted octanol–water partition coefficient (Wildman–Crippen LogP) is -0.213. The number of thiol groups is 1. The van der Waals surface area contributed by atoms with Gasteiger partial charge in [0, 0.05) is 12.0 Å². The van der Waals surface area contributed by atoms with Gasteiger partial charge in [-0.05, 0) is 7.05 Å². The first-order valence-electron chi connectivity index (χ1n) is 2.38. The third kappa shape index (κ3) is 2.76. The molecule has 0 heterocycles. The average Bonchev–Trinajstić information content (AvgIpc) is 1.68. The minimum absolute atomic E-state index is 0.740. The van der Waals surface area contributed by atoms with Crippen LogP contribution in [0.4, 0.5) is 0 Å². The second-order valence-corrected chi connectivity index (χ2v) is 4.92. The zero-order chi connectivity index (χ0) is 5.91. The third-order valence-electron chi connectivity index (χ3n) is 1.08. The van der Waals surface area contributed by atoms with Crippen LogP contribution in [0.2, 0.25) is 0 Å². The summed E-state index contributed by atoms with van der Waals surface area (Å²) in [5, 5.41) is 0. The zero-order valence-corrected chi connectivity index (χ0v) is 5.96. The molecule has 0 amide bonds. The van der Waals surface area contributed by atoms with Crippen LogP contribution in [0.1, 0.15) is 6.92 Å². The number of nitrogens with one attached hydrogen (secondary N) is 1. The van der Waals surface area contributed by atoms with E-state index in [1.54, 1.807) is 13.3 Å². The Bertz CT molecular complexity index is 83.7. The van der Waals surface area contributed by atoms with Gasteiger partial charge in [-0.25, -0.2) is 0 Å². The summed E-state index contributed by atoms with van der Waals surface area (Å²) in [5.74, 6) is 0.740. The fraction of sp³-hybridized carbons (Fsp3) is 1.00. The fourth-order valence-electron chi connectivity index (χ4n) is 0.158. The molecule has 7 heavy (non-hydrogen) atoms. The van der Waals surface area contributed by atoms with Crippen molar-refractivity contribution in [3.63, 3.8) is 0 Å². The van der Waals surface area contributed by atoms with Gasteiger partial charge < -0.3 is 0 Å². The van der Waals surface area contributed by atoms with Crippen molar-refractivity contribution in [1.29, 1.82) is 0 Å². The first-order valence-corrected chi connectivity index (χ1v) is 4.72. The molecule has 0 aliphatic rings. The van der Waals surface area contributed by atoms with E-state index in [-0.39, 0.29) is 0 Å². The smallest absolute Gasteiger partial charge is 0.00968 e. The Labute approximate surface area is 45.9 Å². The molecule has 0 aromatic heterocycles. The fourth-order valence-corrected chi connectivity index (χ4v) is 0.474. The first-order chi connectivity index (χ1) is 3.12. The summed E-state index contributed by atoms with van der Waals surface area (Å²) in [4.78, 5) is 0. The van der Waals surface area contributed by atoms with Crippen molar-refractivity contribution in [2.75, 3.05) is 19.1 Å². The average molecular weight is 123 g/mol. The van der Waals surface area contributed by atoms with E-state index in [0.29, 0.717) is 0 Å². The normalized spacial score (nSPS) is 14.1. The van der Waals surface area contributed by atoms with Crippen molar-refractivity contribution >= 4 is 10.1 Å². The summed E-state index contributed by atoms with van der Waals surface area (Å²) in [7, 11) is -0.178. The molecule has 0 saturated heterocycles. The van der Waals surface area contributed by atoms with Crippen LogP contribution in [0.25, 0.3) is 0 Å². The molecule has 0 unspecified atom stereocenters. The van der Waals surface area contributed by atoms with Gasteiger partial charge in [0.1, 0.15) is 0 Å². The molecule has 2 nitrogen and oxygen atoms in total. The zero-order valence-electron chi connectivity index (χ0n) is 5.06. The van der Waals surface area contributed by atoms with Gasteiger partial charge in [0.2, 0.25) is 0 Å². The lowest BCUT2D eigenvalue weighted by molar-refractivity contribution is 0.669. The second-order valence-electron chi connectivity index (χ2n) is 1.64. The van der Waals surface area contributed by atoms with Gasteiger partial charge in [0.25, 0.3) is 0 Å². The van der Waals surface area contributed by atoms with Gasteiger partial charge in [0.05, 0.1) is 0 Å². The molecule has 0 fully saturated rings. The molecule has 3 heteroatoms. The van der Waals surface area contributed by atoms with Crippen LogP contribution >= 0.6 is 0 Å². The van der Waals surface area contributed by atoms with Gasteiger partial charge in [-0.1, -0.05) is 17.0 Å². The molecular weight excluding hydrogens is 110 g/mol. The minimum Gasteiger partial charge on any atom is -0.272 e. The van der Waals surface area contributed by atoms with Crippen LogP contribution in [0, 0.1) is 0 Å². The summed E-state index contributed by atoms with van der Waals surface area (Å²) in [6.45, 7) is 1.91. The summed E-state index contributed by atoms with van der Waals surface area (Å²) < 4.78 is 13.6. The van der Waals surface area contributed by atoms with Gasteiger partial charge in [0.15, 0.2) is 0 Å². The topological polar surface area (TPSA) is 29.1 Å². The van der Waals surface area contributed by atoms with Crippen molar-refractivity contribution < 1.29 is 4.21 Å². The standard InChI is InChI=1S/C4H13NOS/c1-4-7(3,6)5-2/h7H,4H2,1-3H3,(H,5,6). The maximum atomic E-state index is 10.8. The lowest BCUT2D eigenvalue weighted by Gasteiger charge is -2.12. The lowest BCUT2D eigenvalue weighted by atomic mass is 11.0. The van der Waals surface area contributed by atoms with Gasteiger partial charge >= 0.3 is 0 Å². The van der Waals surface area contributed by atoms with E-state index < -0.39 is 10.1 Å². The van der Waals surface area contributed by atoms with Gasteiger partial charge in [-0.15, -0.1) is 0 Å². The first kappa shape index (κ1) is 7.11. The quantitative estimate of drug-likeness (QED) is 0.489. The Kier molecular flexibility index (Phi) is 2.46. The van der Waals surface area contributed by atoms with Crippen LogP contribution in [0.15, 0.2) is 0 Å². The molecule has 0 saturated carbocycles. The van der Waals surface area contributed by atoms with Gasteiger partial charge in [-0.3, -0.25) is 8.93 Å². The Balaban J connectivity index is 3.61. The van der Waals surface area contributed by atoms with Crippen molar-refractivity contribution in [1.82, 2.24) is 4.72 Å². The Morgan fingerprint density at radius 1 is 1.71 bits per heavy atom. The molecule has 0 aromatic carbocycles. The molecule has 46 valence electrons. The molecule has 0 bridgehead atoms. The Morgan fingerprint density at radius 3 is 2.14 bits per heavy atom. The molecule has 0 atom stereocenters. The van der Waals surface area contributed by atoms with E-state index in [4.69, 9.17) is 0 Å². The molecule has 0 aliphatic heterocycles. The SMILES string of the molecule is CC[SH](C)(=O)NC. The minimum atomic E-state index is -1.90. The number of hydrogen-bond acceptors (Lipinski definition) is 1. The van der Waals surface area contributed by atoms with Crippen LogP contribution < -0.4 is 4.72 Å². The van der Waals surface area contributed by atoms with E-state index >= 15 is 0 Å². The second kappa shape index (κ2) is 2.43. The van der Waals surface area contributed by atoms with Crippen molar-refractivity contribution in [2.45, 2.75) is 6.92 Å². The predicted molar refractivity (Wildman–Crippen MR) is 35.1 cm³/mol. The lowest BCUT2D eigenvalue weighted by Crippen LogP contribution is -2.27. The van der Waals surface area contributed by atoms with Crippen LogP contribution in [-0.2, 0) is 10.1 Å². The molecular formula is C4H13NOS. The highest BCUT2D eigenvalue weighted by Gasteiger charge is 1.96. The van der Waals surface area contributed by atoms with E-state index in [1.807, 2.05) is 6.92 Å². The number of hydrogen-bond donors (Lipinski definition) is 2. The maximum absolute atomic E-state index is 10.8. The summed E-state index contributed by atoms with van der Waals surface area (Å²) >= 11 is 0. The van der Waals surface area contributed by atoms with Gasteiger partial charge in [-0.2, -0.15) is 0 Å². The maximum Gasteiger partial charge on any atom is 0.00968 e. The molecule has 0 rings (SSSR count).